The molecular weight excluding hydrogens is 326 g/mol. The molecule has 0 saturated carbocycles. The fraction of sp³-hybridized carbons (Fsp3) is 0.176. The van der Waals surface area contributed by atoms with Gasteiger partial charge in [-0.15, -0.1) is 5.11 Å². The van der Waals surface area contributed by atoms with E-state index < -0.39 is 10.0 Å². The second-order valence-electron chi connectivity index (χ2n) is 5.47. The quantitative estimate of drug-likeness (QED) is 0.694. The molecule has 0 fully saturated rings. The maximum atomic E-state index is 12.3. The lowest BCUT2D eigenvalue weighted by molar-refractivity contribution is 0.459. The first-order chi connectivity index (χ1) is 11.4. The predicted molar refractivity (Wildman–Crippen MR) is 92.2 cm³/mol. The van der Waals surface area contributed by atoms with Gasteiger partial charge in [0.05, 0.1) is 10.4 Å². The third-order valence-corrected chi connectivity index (χ3v) is 5.04. The van der Waals surface area contributed by atoms with Crippen LogP contribution < -0.4 is 0 Å². The Hall–Kier alpha value is -2.67. The van der Waals surface area contributed by atoms with E-state index >= 15 is 0 Å². The van der Waals surface area contributed by atoms with Gasteiger partial charge in [0, 0.05) is 5.39 Å². The molecule has 2 N–H and O–H groups in total. The van der Waals surface area contributed by atoms with Gasteiger partial charge in [0.1, 0.15) is 0 Å². The van der Waals surface area contributed by atoms with Crippen molar-refractivity contribution < 1.29 is 13.5 Å². The van der Waals surface area contributed by atoms with E-state index in [0.29, 0.717) is 10.9 Å². The van der Waals surface area contributed by atoms with Crippen molar-refractivity contribution in [3.8, 4) is 5.88 Å². The molecular formula is C17H17N3O3S. The molecule has 0 radical (unpaired) electrons. The molecule has 0 atom stereocenters. The van der Waals surface area contributed by atoms with Crippen LogP contribution in [0.1, 0.15) is 18.1 Å². The van der Waals surface area contributed by atoms with Gasteiger partial charge in [-0.25, -0.2) is 0 Å². The minimum absolute atomic E-state index is 0.0685. The first-order valence-corrected chi connectivity index (χ1v) is 8.93. The number of para-hydroxylation sites is 1. The summed E-state index contributed by atoms with van der Waals surface area (Å²) in [5, 5.41) is 14.4. The molecule has 0 spiro atoms. The van der Waals surface area contributed by atoms with Crippen molar-refractivity contribution in [2.24, 2.45) is 9.63 Å². The summed E-state index contributed by atoms with van der Waals surface area (Å²) in [6, 6.07) is 11.9. The van der Waals surface area contributed by atoms with Crippen LogP contribution in [0.15, 0.2) is 57.0 Å². The number of H-pyrrole nitrogens is 1. The molecule has 0 saturated heterocycles. The molecule has 0 aliphatic heterocycles. The number of aromatic amines is 1. The fourth-order valence-corrected chi connectivity index (χ4v) is 3.24. The lowest BCUT2D eigenvalue weighted by Gasteiger charge is -2.00. The van der Waals surface area contributed by atoms with Gasteiger partial charge in [-0.3, -0.25) is 0 Å². The maximum absolute atomic E-state index is 12.3. The van der Waals surface area contributed by atoms with Crippen molar-refractivity contribution in [1.82, 2.24) is 4.98 Å². The van der Waals surface area contributed by atoms with Crippen LogP contribution in [-0.2, 0) is 16.4 Å². The molecule has 0 amide bonds. The molecule has 1 aromatic heterocycles. The molecule has 0 bridgehead atoms. The summed E-state index contributed by atoms with van der Waals surface area (Å²) in [7, 11) is -3.92. The van der Waals surface area contributed by atoms with Gasteiger partial charge in [0.15, 0.2) is 5.69 Å². The van der Waals surface area contributed by atoms with Gasteiger partial charge in [-0.1, -0.05) is 41.8 Å². The Kier molecular flexibility index (Phi) is 4.11. The Morgan fingerprint density at radius 2 is 1.83 bits per heavy atom. The second-order valence-corrected chi connectivity index (χ2v) is 7.06. The first-order valence-electron chi connectivity index (χ1n) is 7.49. The van der Waals surface area contributed by atoms with Crippen LogP contribution in [0.5, 0.6) is 5.88 Å². The SMILES string of the molecule is CCc1ccc(S(=O)(=O)N=Nc2c(O)[nH]c3c(C)cccc23)cc1. The summed E-state index contributed by atoms with van der Waals surface area (Å²) in [5.74, 6) is -0.209. The fourth-order valence-electron chi connectivity index (χ4n) is 2.48. The minimum atomic E-state index is -3.92. The Bertz CT molecular complexity index is 1020. The van der Waals surface area contributed by atoms with Gasteiger partial charge in [-0.05, 0) is 36.6 Å². The van der Waals surface area contributed by atoms with Crippen LogP contribution in [-0.4, -0.2) is 18.5 Å². The molecule has 24 heavy (non-hydrogen) atoms. The smallest absolute Gasteiger partial charge is 0.299 e. The third-order valence-electron chi connectivity index (χ3n) is 3.87. The normalized spacial score (nSPS) is 12.2. The Labute approximate surface area is 139 Å². The number of aromatic nitrogens is 1. The van der Waals surface area contributed by atoms with Gasteiger partial charge in [0.2, 0.25) is 5.88 Å². The summed E-state index contributed by atoms with van der Waals surface area (Å²) < 4.78 is 28.1. The number of rotatable bonds is 4. The van der Waals surface area contributed by atoms with Crippen molar-refractivity contribution in [3.63, 3.8) is 0 Å². The number of hydrogen-bond acceptors (Lipinski definition) is 4. The number of aromatic hydroxyl groups is 1. The van der Waals surface area contributed by atoms with E-state index in [4.69, 9.17) is 0 Å². The topological polar surface area (TPSA) is 94.9 Å². The number of fused-ring (bicyclic) bond motifs is 1. The van der Waals surface area contributed by atoms with E-state index in [9.17, 15) is 13.5 Å². The Morgan fingerprint density at radius 1 is 1.12 bits per heavy atom. The third kappa shape index (κ3) is 2.90. The summed E-state index contributed by atoms with van der Waals surface area (Å²) in [6.45, 7) is 3.87. The zero-order valence-corrected chi connectivity index (χ0v) is 14.1. The maximum Gasteiger partial charge on any atom is 0.299 e. The van der Waals surface area contributed by atoms with Crippen LogP contribution in [0.2, 0.25) is 0 Å². The van der Waals surface area contributed by atoms with E-state index in [1.165, 1.54) is 12.1 Å². The van der Waals surface area contributed by atoms with Crippen molar-refractivity contribution >= 4 is 26.6 Å². The van der Waals surface area contributed by atoms with Crippen molar-refractivity contribution in [1.29, 1.82) is 0 Å². The van der Waals surface area contributed by atoms with Crippen LogP contribution in [0.4, 0.5) is 5.69 Å². The van der Waals surface area contributed by atoms with Crippen LogP contribution in [0, 0.1) is 6.92 Å². The highest BCUT2D eigenvalue weighted by Crippen LogP contribution is 2.37. The molecule has 2 aromatic carbocycles. The molecule has 7 heteroatoms. The number of nitrogens with zero attached hydrogens (tertiary/aromatic N) is 2. The first kappa shape index (κ1) is 16.2. The summed E-state index contributed by atoms with van der Waals surface area (Å²) in [5.41, 5.74) is 2.77. The van der Waals surface area contributed by atoms with Crippen molar-refractivity contribution in [2.75, 3.05) is 0 Å². The zero-order valence-electron chi connectivity index (χ0n) is 13.3. The number of nitrogens with one attached hydrogen (secondary N) is 1. The average Bonchev–Trinajstić information content (AvgIpc) is 2.90. The lowest BCUT2D eigenvalue weighted by Crippen LogP contribution is -1.95. The molecule has 3 aromatic rings. The number of sulfonamides is 1. The Balaban J connectivity index is 2.00. The largest absolute Gasteiger partial charge is 0.493 e. The number of aryl methyl sites for hydroxylation is 2. The molecule has 1 heterocycles. The second kappa shape index (κ2) is 6.09. The average molecular weight is 343 g/mol. The molecule has 3 rings (SSSR count). The number of benzene rings is 2. The van der Waals surface area contributed by atoms with Crippen LogP contribution in [0.25, 0.3) is 10.9 Å². The van der Waals surface area contributed by atoms with Gasteiger partial charge < -0.3 is 10.1 Å². The summed E-state index contributed by atoms with van der Waals surface area (Å²) >= 11 is 0. The molecule has 0 unspecified atom stereocenters. The minimum Gasteiger partial charge on any atom is -0.493 e. The molecule has 0 aliphatic carbocycles. The highest BCUT2D eigenvalue weighted by Gasteiger charge is 2.16. The standard InChI is InChI=1S/C17H17N3O3S/c1-3-12-7-9-13(10-8-12)24(22,23)20-19-16-14-6-4-5-11(2)15(14)18-17(16)21/h4-10,18,21H,3H2,1-2H3. The van der Waals surface area contributed by atoms with E-state index in [2.05, 4.69) is 14.6 Å². The van der Waals surface area contributed by atoms with Gasteiger partial charge in [-0.2, -0.15) is 8.42 Å². The highest BCUT2D eigenvalue weighted by atomic mass is 32.2. The van der Waals surface area contributed by atoms with E-state index in [0.717, 1.165) is 17.5 Å². The monoisotopic (exact) mass is 343 g/mol. The van der Waals surface area contributed by atoms with Crippen LogP contribution >= 0.6 is 0 Å². The summed E-state index contributed by atoms with van der Waals surface area (Å²) in [4.78, 5) is 2.86. The van der Waals surface area contributed by atoms with Gasteiger partial charge in [0.25, 0.3) is 10.0 Å². The predicted octanol–water partition coefficient (Wildman–Crippen LogP) is 4.22. The van der Waals surface area contributed by atoms with Crippen LogP contribution in [0.3, 0.4) is 0 Å². The summed E-state index contributed by atoms with van der Waals surface area (Å²) in [6.07, 6.45) is 0.824. The van der Waals surface area contributed by atoms with Gasteiger partial charge >= 0.3 is 0 Å². The Morgan fingerprint density at radius 3 is 2.50 bits per heavy atom. The number of hydrogen-bond donors (Lipinski definition) is 2. The van der Waals surface area contributed by atoms with Crippen molar-refractivity contribution in [3.05, 3.63) is 53.6 Å². The molecule has 0 aliphatic rings. The molecule has 124 valence electrons. The van der Waals surface area contributed by atoms with E-state index in [1.54, 1.807) is 18.2 Å². The molecule has 6 nitrogen and oxygen atoms in total. The van der Waals surface area contributed by atoms with E-state index in [1.807, 2.05) is 26.0 Å². The van der Waals surface area contributed by atoms with Crippen molar-refractivity contribution in [2.45, 2.75) is 25.2 Å². The van der Waals surface area contributed by atoms with E-state index in [-0.39, 0.29) is 16.5 Å². The highest BCUT2D eigenvalue weighted by molar-refractivity contribution is 7.90. The zero-order chi connectivity index (χ0) is 17.3. The lowest BCUT2D eigenvalue weighted by atomic mass is 10.1.